The Bertz CT molecular complexity index is 256. The van der Waals surface area contributed by atoms with Crippen LogP contribution in [-0.2, 0) is 4.79 Å². The first-order valence-corrected chi connectivity index (χ1v) is 5.28. The molecule has 66 valence electrons. The zero-order chi connectivity index (χ0) is 9.14. The summed E-state index contributed by atoms with van der Waals surface area (Å²) in [6.07, 6.45) is 1.59. The Labute approximate surface area is 87.6 Å². The topological polar surface area (TPSA) is 30.2 Å². The van der Waals surface area contributed by atoms with Gasteiger partial charge in [-0.15, -0.1) is 0 Å². The molecule has 0 radical (unpaired) electrons. The first-order chi connectivity index (χ1) is 5.63. The summed E-state index contributed by atoms with van der Waals surface area (Å²) < 4.78 is 5.14. The lowest BCUT2D eigenvalue weighted by Crippen LogP contribution is -2.14. The minimum Gasteiger partial charge on any atom is -0.468 e. The fourth-order valence-corrected chi connectivity index (χ4v) is 1.69. The monoisotopic (exact) mass is 294 g/mol. The molecule has 1 rings (SSSR count). The minimum atomic E-state index is -0.233. The highest BCUT2D eigenvalue weighted by Gasteiger charge is 2.23. The molecule has 0 aromatic carbocycles. The van der Waals surface area contributed by atoms with E-state index in [9.17, 15) is 4.79 Å². The second-order valence-electron chi connectivity index (χ2n) is 2.43. The van der Waals surface area contributed by atoms with Crippen molar-refractivity contribution in [1.29, 1.82) is 0 Å². The van der Waals surface area contributed by atoms with Gasteiger partial charge >= 0.3 is 0 Å². The first-order valence-electron chi connectivity index (χ1n) is 3.45. The predicted molar refractivity (Wildman–Crippen MR) is 53.8 cm³/mol. The lowest BCUT2D eigenvalue weighted by atomic mass is 10.2. The van der Waals surface area contributed by atoms with Crippen LogP contribution in [-0.4, -0.2) is 10.6 Å². The third-order valence-corrected chi connectivity index (χ3v) is 4.32. The zero-order valence-corrected chi connectivity index (χ0v) is 9.63. The van der Waals surface area contributed by atoms with Crippen LogP contribution in [0.25, 0.3) is 0 Å². The molecule has 0 bridgehead atoms. The number of hydrogen-bond acceptors (Lipinski definition) is 2. The Hall–Kier alpha value is -0.0900. The second kappa shape index (κ2) is 4.23. The highest BCUT2D eigenvalue weighted by molar-refractivity contribution is 9.12. The van der Waals surface area contributed by atoms with Crippen LogP contribution in [0.3, 0.4) is 0 Å². The van der Waals surface area contributed by atoms with Gasteiger partial charge in [-0.05, 0) is 19.1 Å². The van der Waals surface area contributed by atoms with Crippen LogP contribution in [0.1, 0.15) is 17.5 Å². The smallest absolute Gasteiger partial charge is 0.145 e. The minimum absolute atomic E-state index is 0.0771. The van der Waals surface area contributed by atoms with Gasteiger partial charge in [-0.1, -0.05) is 31.9 Å². The lowest BCUT2D eigenvalue weighted by Gasteiger charge is -2.10. The standard InChI is InChI=1S/C8H8Br2O2/c1-5(11)7(9)8(10)6-3-2-4-12-6/h2-4,7-8H,1H3. The van der Waals surface area contributed by atoms with Gasteiger partial charge in [0.05, 0.1) is 15.9 Å². The molecule has 0 saturated carbocycles. The molecule has 1 aromatic heterocycles. The highest BCUT2D eigenvalue weighted by atomic mass is 79.9. The van der Waals surface area contributed by atoms with Crippen molar-refractivity contribution < 1.29 is 9.21 Å². The molecule has 0 spiro atoms. The summed E-state index contributed by atoms with van der Waals surface area (Å²) in [4.78, 5) is 10.6. The maximum atomic E-state index is 11.0. The molecule has 0 aliphatic rings. The van der Waals surface area contributed by atoms with Crippen LogP contribution in [0.15, 0.2) is 22.8 Å². The molecule has 2 nitrogen and oxygen atoms in total. The summed E-state index contributed by atoms with van der Waals surface area (Å²) in [5, 5.41) is 0. The quantitative estimate of drug-likeness (QED) is 0.802. The van der Waals surface area contributed by atoms with Crippen LogP contribution in [0, 0.1) is 0 Å². The summed E-state index contributed by atoms with van der Waals surface area (Å²) in [5.74, 6) is 0.834. The molecule has 0 aliphatic heterocycles. The van der Waals surface area contributed by atoms with Gasteiger partial charge in [-0.25, -0.2) is 0 Å². The molecular weight excluding hydrogens is 288 g/mol. The molecule has 4 heteroatoms. The lowest BCUT2D eigenvalue weighted by molar-refractivity contribution is -0.116. The van der Waals surface area contributed by atoms with E-state index in [1.165, 1.54) is 6.92 Å². The van der Waals surface area contributed by atoms with Crippen LogP contribution >= 0.6 is 31.9 Å². The number of carbonyl (C=O) groups excluding carboxylic acids is 1. The van der Waals surface area contributed by atoms with E-state index in [1.807, 2.05) is 6.07 Å². The maximum absolute atomic E-state index is 11.0. The summed E-state index contributed by atoms with van der Waals surface area (Å²) >= 11 is 6.64. The van der Waals surface area contributed by atoms with E-state index in [0.717, 1.165) is 5.76 Å². The summed E-state index contributed by atoms with van der Waals surface area (Å²) in [5.41, 5.74) is 0. The van der Waals surface area contributed by atoms with Gasteiger partial charge in [0.1, 0.15) is 11.5 Å². The Kier molecular flexibility index (Phi) is 3.53. The van der Waals surface area contributed by atoms with E-state index >= 15 is 0 Å². The molecule has 0 fully saturated rings. The molecular formula is C8H8Br2O2. The molecule has 0 N–H and O–H groups in total. The number of furan rings is 1. The number of alkyl halides is 2. The highest BCUT2D eigenvalue weighted by Crippen LogP contribution is 2.31. The number of carbonyl (C=O) groups is 1. The largest absolute Gasteiger partial charge is 0.468 e. The van der Waals surface area contributed by atoms with E-state index in [2.05, 4.69) is 31.9 Å². The second-order valence-corrected chi connectivity index (χ2v) is 4.40. The van der Waals surface area contributed by atoms with Gasteiger partial charge in [-0.2, -0.15) is 0 Å². The van der Waals surface area contributed by atoms with Gasteiger partial charge in [0.25, 0.3) is 0 Å². The van der Waals surface area contributed by atoms with Crippen molar-refractivity contribution in [3.8, 4) is 0 Å². The van der Waals surface area contributed by atoms with Crippen molar-refractivity contribution in [3.05, 3.63) is 24.2 Å². The Morgan fingerprint density at radius 3 is 2.67 bits per heavy atom. The number of Topliss-reactive ketones (excluding diaryl/α,β-unsaturated/α-hetero) is 1. The third kappa shape index (κ3) is 2.20. The zero-order valence-electron chi connectivity index (χ0n) is 6.46. The molecule has 0 aliphatic carbocycles. The van der Waals surface area contributed by atoms with Crippen LogP contribution < -0.4 is 0 Å². The van der Waals surface area contributed by atoms with Crippen LogP contribution in [0.4, 0.5) is 0 Å². The molecule has 2 atom stereocenters. The Balaban J connectivity index is 2.71. The average molecular weight is 296 g/mol. The maximum Gasteiger partial charge on any atom is 0.145 e. The van der Waals surface area contributed by atoms with Crippen molar-refractivity contribution >= 4 is 37.6 Å². The molecule has 0 saturated heterocycles. The van der Waals surface area contributed by atoms with Gasteiger partial charge in [0, 0.05) is 0 Å². The number of halogens is 2. The SMILES string of the molecule is CC(=O)C(Br)C(Br)c1ccco1. The fourth-order valence-electron chi connectivity index (χ4n) is 0.798. The molecule has 2 unspecified atom stereocenters. The number of ketones is 1. The Morgan fingerprint density at radius 2 is 2.25 bits per heavy atom. The average Bonchev–Trinajstić information content (AvgIpc) is 2.53. The summed E-state index contributed by atoms with van der Waals surface area (Å²) in [6.45, 7) is 1.54. The number of rotatable bonds is 3. The third-order valence-electron chi connectivity index (χ3n) is 1.46. The van der Waals surface area contributed by atoms with E-state index in [0.29, 0.717) is 0 Å². The molecule has 0 amide bonds. The van der Waals surface area contributed by atoms with Gasteiger partial charge in [0.2, 0.25) is 0 Å². The van der Waals surface area contributed by atoms with Crippen molar-refractivity contribution in [2.45, 2.75) is 16.6 Å². The molecule has 12 heavy (non-hydrogen) atoms. The molecule has 1 aromatic rings. The molecule has 1 heterocycles. The van der Waals surface area contributed by atoms with E-state index in [-0.39, 0.29) is 15.4 Å². The van der Waals surface area contributed by atoms with E-state index in [1.54, 1.807) is 12.3 Å². The van der Waals surface area contributed by atoms with E-state index < -0.39 is 0 Å². The summed E-state index contributed by atoms with van der Waals surface area (Å²) in [6, 6.07) is 3.63. The van der Waals surface area contributed by atoms with Crippen molar-refractivity contribution in [1.82, 2.24) is 0 Å². The van der Waals surface area contributed by atoms with Crippen molar-refractivity contribution in [3.63, 3.8) is 0 Å². The fraction of sp³-hybridized carbons (Fsp3) is 0.375. The van der Waals surface area contributed by atoms with Gasteiger partial charge in [0.15, 0.2) is 0 Å². The summed E-state index contributed by atoms with van der Waals surface area (Å²) in [7, 11) is 0. The normalized spacial score (nSPS) is 15.6. The predicted octanol–water partition coefficient (Wildman–Crippen LogP) is 3.07. The first kappa shape index (κ1) is 9.99. The van der Waals surface area contributed by atoms with Crippen LogP contribution in [0.5, 0.6) is 0 Å². The van der Waals surface area contributed by atoms with Crippen molar-refractivity contribution in [2.24, 2.45) is 0 Å². The van der Waals surface area contributed by atoms with Crippen LogP contribution in [0.2, 0.25) is 0 Å². The Morgan fingerprint density at radius 1 is 1.58 bits per heavy atom. The van der Waals surface area contributed by atoms with Gasteiger partial charge < -0.3 is 4.42 Å². The van der Waals surface area contributed by atoms with Crippen molar-refractivity contribution in [2.75, 3.05) is 0 Å². The number of hydrogen-bond donors (Lipinski definition) is 0. The van der Waals surface area contributed by atoms with Gasteiger partial charge in [-0.3, -0.25) is 4.79 Å². The van der Waals surface area contributed by atoms with E-state index in [4.69, 9.17) is 4.42 Å².